The lowest BCUT2D eigenvalue weighted by Crippen LogP contribution is -2.16. The van der Waals surface area contributed by atoms with Crippen molar-refractivity contribution in [2.24, 2.45) is 0 Å². The Morgan fingerprint density at radius 1 is 1.05 bits per heavy atom. The lowest BCUT2D eigenvalue weighted by atomic mass is 10.0. The van der Waals surface area contributed by atoms with Crippen LogP contribution in [-0.2, 0) is 12.8 Å². The van der Waals surface area contributed by atoms with Crippen LogP contribution < -0.4 is 5.32 Å². The van der Waals surface area contributed by atoms with Gasteiger partial charge in [-0.1, -0.05) is 44.5 Å². The van der Waals surface area contributed by atoms with Crippen LogP contribution in [0.25, 0.3) is 0 Å². The number of rotatable bonds is 6. The predicted molar refractivity (Wildman–Crippen MR) is 79.4 cm³/mol. The fourth-order valence-corrected chi connectivity index (χ4v) is 2.38. The fraction of sp³-hybridized carbons (Fsp3) is 0.412. The summed E-state index contributed by atoms with van der Waals surface area (Å²) < 4.78 is 5.86. The molecule has 102 valence electrons. The van der Waals surface area contributed by atoms with Gasteiger partial charge in [0.05, 0.1) is 6.04 Å². The van der Waals surface area contributed by atoms with Crippen LogP contribution in [0.2, 0.25) is 0 Å². The van der Waals surface area contributed by atoms with Crippen LogP contribution in [0, 0.1) is 0 Å². The zero-order valence-corrected chi connectivity index (χ0v) is 12.1. The number of benzene rings is 1. The molecule has 1 N–H and O–H groups in total. The predicted octanol–water partition coefficient (Wildman–Crippen LogP) is 4.10. The van der Waals surface area contributed by atoms with Gasteiger partial charge >= 0.3 is 0 Å². The molecule has 0 saturated carbocycles. The summed E-state index contributed by atoms with van der Waals surface area (Å²) in [5, 5.41) is 3.33. The van der Waals surface area contributed by atoms with Gasteiger partial charge in [-0.2, -0.15) is 0 Å². The molecule has 0 spiro atoms. The third-order valence-corrected chi connectivity index (χ3v) is 3.46. The van der Waals surface area contributed by atoms with Crippen molar-refractivity contribution in [2.45, 2.75) is 39.2 Å². The van der Waals surface area contributed by atoms with E-state index >= 15 is 0 Å². The normalized spacial score (nSPS) is 12.6. The van der Waals surface area contributed by atoms with E-state index in [2.05, 4.69) is 55.6 Å². The molecule has 1 heterocycles. The van der Waals surface area contributed by atoms with Crippen molar-refractivity contribution in [3.63, 3.8) is 0 Å². The fourth-order valence-electron chi connectivity index (χ4n) is 2.38. The van der Waals surface area contributed by atoms with E-state index in [0.29, 0.717) is 0 Å². The molecule has 1 aromatic carbocycles. The largest absolute Gasteiger partial charge is 0.464 e. The Morgan fingerprint density at radius 3 is 2.32 bits per heavy atom. The molecule has 0 fully saturated rings. The number of aryl methyl sites for hydroxylation is 2. The number of furan rings is 1. The summed E-state index contributed by atoms with van der Waals surface area (Å²) in [7, 11) is 1.97. The van der Waals surface area contributed by atoms with E-state index in [1.807, 2.05) is 7.05 Å². The molecule has 2 rings (SSSR count). The van der Waals surface area contributed by atoms with Crippen LogP contribution in [0.1, 0.15) is 49.0 Å². The second-order valence-corrected chi connectivity index (χ2v) is 4.87. The molecule has 0 saturated heterocycles. The lowest BCUT2D eigenvalue weighted by Gasteiger charge is -2.14. The van der Waals surface area contributed by atoms with Crippen molar-refractivity contribution in [3.8, 4) is 0 Å². The van der Waals surface area contributed by atoms with Crippen molar-refractivity contribution in [1.29, 1.82) is 0 Å². The highest BCUT2D eigenvalue weighted by atomic mass is 16.3. The molecule has 2 aromatic rings. The van der Waals surface area contributed by atoms with Gasteiger partial charge in [0.2, 0.25) is 0 Å². The third-order valence-electron chi connectivity index (χ3n) is 3.46. The Morgan fingerprint density at radius 2 is 1.79 bits per heavy atom. The molecule has 1 aromatic heterocycles. The molecular formula is C17H23NO. The molecule has 19 heavy (non-hydrogen) atoms. The van der Waals surface area contributed by atoms with Crippen LogP contribution in [0.3, 0.4) is 0 Å². The summed E-state index contributed by atoms with van der Waals surface area (Å²) >= 11 is 0. The van der Waals surface area contributed by atoms with E-state index in [4.69, 9.17) is 4.42 Å². The standard InChI is InChI=1S/C17H23NO/c1-4-6-13-7-9-14(10-8-13)17(18-3)16-12-11-15(5-2)19-16/h7-12,17-18H,4-6H2,1-3H3. The molecular weight excluding hydrogens is 234 g/mol. The van der Waals surface area contributed by atoms with Gasteiger partial charge in [-0.3, -0.25) is 0 Å². The second kappa shape index (κ2) is 6.58. The first-order valence-corrected chi connectivity index (χ1v) is 7.13. The minimum Gasteiger partial charge on any atom is -0.464 e. The lowest BCUT2D eigenvalue weighted by molar-refractivity contribution is 0.434. The summed E-state index contributed by atoms with van der Waals surface area (Å²) in [6.45, 7) is 4.32. The van der Waals surface area contributed by atoms with Crippen molar-refractivity contribution in [1.82, 2.24) is 5.32 Å². The summed E-state index contributed by atoms with van der Waals surface area (Å²) in [5.74, 6) is 2.03. The Hall–Kier alpha value is -1.54. The summed E-state index contributed by atoms with van der Waals surface area (Å²) in [6.07, 6.45) is 3.27. The molecule has 0 aliphatic heterocycles. The first kappa shape index (κ1) is 13.9. The highest BCUT2D eigenvalue weighted by Crippen LogP contribution is 2.24. The average molecular weight is 257 g/mol. The number of hydrogen-bond acceptors (Lipinski definition) is 2. The first-order valence-electron chi connectivity index (χ1n) is 7.13. The molecule has 1 unspecified atom stereocenters. The van der Waals surface area contributed by atoms with Crippen molar-refractivity contribution >= 4 is 0 Å². The molecule has 0 bridgehead atoms. The molecule has 0 aliphatic carbocycles. The zero-order valence-electron chi connectivity index (χ0n) is 12.1. The SMILES string of the molecule is CCCc1ccc(C(NC)c2ccc(CC)o2)cc1. The summed E-state index contributed by atoms with van der Waals surface area (Å²) in [4.78, 5) is 0. The summed E-state index contributed by atoms with van der Waals surface area (Å²) in [5.41, 5.74) is 2.65. The van der Waals surface area contributed by atoms with Crippen molar-refractivity contribution < 1.29 is 4.42 Å². The Balaban J connectivity index is 2.21. The highest BCUT2D eigenvalue weighted by molar-refractivity contribution is 5.30. The Bertz CT molecular complexity index is 498. The van der Waals surface area contributed by atoms with Gasteiger partial charge in [0.25, 0.3) is 0 Å². The van der Waals surface area contributed by atoms with Gasteiger partial charge in [0.1, 0.15) is 11.5 Å². The van der Waals surface area contributed by atoms with Crippen LogP contribution in [0.4, 0.5) is 0 Å². The van der Waals surface area contributed by atoms with Gasteiger partial charge < -0.3 is 9.73 Å². The minimum absolute atomic E-state index is 0.135. The maximum Gasteiger partial charge on any atom is 0.125 e. The van der Waals surface area contributed by atoms with Crippen molar-refractivity contribution in [3.05, 3.63) is 59.0 Å². The van der Waals surface area contributed by atoms with Gasteiger partial charge in [0, 0.05) is 6.42 Å². The molecule has 2 nitrogen and oxygen atoms in total. The molecule has 0 radical (unpaired) electrons. The van der Waals surface area contributed by atoms with E-state index in [1.54, 1.807) is 0 Å². The maximum absolute atomic E-state index is 5.86. The summed E-state index contributed by atoms with van der Waals surface area (Å²) in [6, 6.07) is 13.1. The van der Waals surface area contributed by atoms with E-state index in [-0.39, 0.29) is 6.04 Å². The van der Waals surface area contributed by atoms with Crippen LogP contribution in [0.15, 0.2) is 40.8 Å². The van der Waals surface area contributed by atoms with E-state index < -0.39 is 0 Å². The Kier molecular flexibility index (Phi) is 4.80. The monoisotopic (exact) mass is 257 g/mol. The molecule has 1 atom stereocenters. The van der Waals surface area contributed by atoms with Gasteiger partial charge in [-0.05, 0) is 36.7 Å². The van der Waals surface area contributed by atoms with Crippen LogP contribution in [-0.4, -0.2) is 7.05 Å². The van der Waals surface area contributed by atoms with Gasteiger partial charge in [-0.15, -0.1) is 0 Å². The van der Waals surface area contributed by atoms with Crippen molar-refractivity contribution in [2.75, 3.05) is 7.05 Å². The van der Waals surface area contributed by atoms with E-state index in [0.717, 1.165) is 24.4 Å². The first-order chi connectivity index (χ1) is 9.28. The average Bonchev–Trinajstić information content (AvgIpc) is 2.91. The number of nitrogens with one attached hydrogen (secondary N) is 1. The molecule has 0 aliphatic rings. The Labute approximate surface area is 115 Å². The van der Waals surface area contributed by atoms with E-state index in [1.165, 1.54) is 17.5 Å². The smallest absolute Gasteiger partial charge is 0.125 e. The van der Waals surface area contributed by atoms with Gasteiger partial charge in [-0.25, -0.2) is 0 Å². The zero-order chi connectivity index (χ0) is 13.7. The third kappa shape index (κ3) is 3.27. The molecule has 0 amide bonds. The highest BCUT2D eigenvalue weighted by Gasteiger charge is 2.15. The maximum atomic E-state index is 5.86. The topological polar surface area (TPSA) is 25.2 Å². The second-order valence-electron chi connectivity index (χ2n) is 4.87. The van der Waals surface area contributed by atoms with Crippen LogP contribution in [0.5, 0.6) is 0 Å². The minimum atomic E-state index is 0.135. The van der Waals surface area contributed by atoms with Gasteiger partial charge in [0.15, 0.2) is 0 Å². The van der Waals surface area contributed by atoms with E-state index in [9.17, 15) is 0 Å². The molecule has 2 heteroatoms. The number of hydrogen-bond donors (Lipinski definition) is 1. The quantitative estimate of drug-likeness (QED) is 0.842. The van der Waals surface area contributed by atoms with Crippen LogP contribution >= 0.6 is 0 Å².